The fraction of sp³-hybridized carbons (Fsp3) is 0. The zero-order valence-corrected chi connectivity index (χ0v) is 11.9. The van der Waals surface area contributed by atoms with Crippen molar-refractivity contribution in [1.29, 1.82) is 0 Å². The lowest BCUT2D eigenvalue weighted by Gasteiger charge is -2.07. The Labute approximate surface area is 117 Å². The van der Waals surface area contributed by atoms with E-state index in [1.807, 2.05) is 0 Å². The molecule has 0 fully saturated rings. The maximum Gasteiger partial charge on any atom is 0.266 e. The standard InChI is InChI=1S/C9H6BrClN4O2S/c10-6-4-7(9(11)12-5-6)18(16,17)15-8-2-1-3-13-14-8/h1-5H,(H,14,15). The number of sulfonamides is 1. The second-order valence-corrected chi connectivity index (χ2v) is 6.08. The highest BCUT2D eigenvalue weighted by atomic mass is 79.9. The maximum atomic E-state index is 12.1. The van der Waals surface area contributed by atoms with Crippen LogP contribution in [-0.4, -0.2) is 23.6 Å². The summed E-state index contributed by atoms with van der Waals surface area (Å²) in [5.41, 5.74) is 0. The Hall–Kier alpha value is -1.25. The average molecular weight is 350 g/mol. The summed E-state index contributed by atoms with van der Waals surface area (Å²) in [5.74, 6) is 0.105. The molecule has 0 saturated carbocycles. The Morgan fingerprint density at radius 3 is 2.83 bits per heavy atom. The summed E-state index contributed by atoms with van der Waals surface area (Å²) < 4.78 is 26.9. The minimum Gasteiger partial charge on any atom is -0.262 e. The van der Waals surface area contributed by atoms with Crippen LogP contribution >= 0.6 is 27.5 Å². The second kappa shape index (κ2) is 5.17. The van der Waals surface area contributed by atoms with Crippen molar-refractivity contribution in [3.8, 4) is 0 Å². The van der Waals surface area contributed by atoms with Crippen LogP contribution in [0, 0.1) is 0 Å². The molecular weight excluding hydrogens is 344 g/mol. The first-order chi connectivity index (χ1) is 8.49. The molecule has 0 aliphatic heterocycles. The summed E-state index contributed by atoms with van der Waals surface area (Å²) in [5, 5.41) is 7.08. The van der Waals surface area contributed by atoms with Gasteiger partial charge in [0.15, 0.2) is 5.82 Å². The van der Waals surface area contributed by atoms with Crippen molar-refractivity contribution in [3.05, 3.63) is 40.2 Å². The van der Waals surface area contributed by atoms with Gasteiger partial charge in [-0.3, -0.25) is 4.72 Å². The largest absolute Gasteiger partial charge is 0.266 e. The minimum absolute atomic E-state index is 0.105. The van der Waals surface area contributed by atoms with Crippen LogP contribution < -0.4 is 4.72 Å². The number of anilines is 1. The van der Waals surface area contributed by atoms with Crippen molar-refractivity contribution >= 4 is 43.4 Å². The summed E-state index contributed by atoms with van der Waals surface area (Å²) in [6.45, 7) is 0. The highest BCUT2D eigenvalue weighted by Crippen LogP contribution is 2.24. The molecule has 18 heavy (non-hydrogen) atoms. The van der Waals surface area contributed by atoms with E-state index in [0.717, 1.165) is 0 Å². The van der Waals surface area contributed by atoms with Gasteiger partial charge in [0.25, 0.3) is 10.0 Å². The molecular formula is C9H6BrClN4O2S. The van der Waals surface area contributed by atoms with E-state index in [-0.39, 0.29) is 15.9 Å². The molecule has 0 radical (unpaired) electrons. The zero-order valence-electron chi connectivity index (χ0n) is 8.71. The molecule has 0 amide bonds. The van der Waals surface area contributed by atoms with Crippen LogP contribution in [0.25, 0.3) is 0 Å². The van der Waals surface area contributed by atoms with Gasteiger partial charge in [0.1, 0.15) is 10.0 Å². The van der Waals surface area contributed by atoms with Gasteiger partial charge in [-0.15, -0.1) is 5.10 Å². The van der Waals surface area contributed by atoms with Crippen LogP contribution in [0.3, 0.4) is 0 Å². The average Bonchev–Trinajstić information content (AvgIpc) is 2.33. The van der Waals surface area contributed by atoms with Crippen molar-refractivity contribution in [2.45, 2.75) is 4.90 Å². The molecule has 6 nitrogen and oxygen atoms in total. The fourth-order valence-corrected chi connectivity index (χ4v) is 3.08. The number of nitrogens with one attached hydrogen (secondary N) is 1. The van der Waals surface area contributed by atoms with Crippen LogP contribution in [0.15, 0.2) is 40.0 Å². The fourth-order valence-electron chi connectivity index (χ4n) is 1.14. The Morgan fingerprint density at radius 2 is 2.17 bits per heavy atom. The molecule has 0 atom stereocenters. The summed E-state index contributed by atoms with van der Waals surface area (Å²) in [4.78, 5) is 3.61. The maximum absolute atomic E-state index is 12.1. The number of rotatable bonds is 3. The lowest BCUT2D eigenvalue weighted by molar-refractivity contribution is 0.600. The van der Waals surface area contributed by atoms with E-state index in [4.69, 9.17) is 11.6 Å². The van der Waals surface area contributed by atoms with Crippen molar-refractivity contribution in [2.75, 3.05) is 4.72 Å². The molecule has 9 heteroatoms. The Balaban J connectivity index is 2.40. The van der Waals surface area contributed by atoms with Crippen LogP contribution in [-0.2, 0) is 10.0 Å². The van der Waals surface area contributed by atoms with E-state index in [1.165, 1.54) is 24.5 Å². The predicted octanol–water partition coefficient (Wildman–Crippen LogP) is 2.09. The van der Waals surface area contributed by atoms with Gasteiger partial charge < -0.3 is 0 Å². The molecule has 0 aromatic carbocycles. The molecule has 1 N–H and O–H groups in total. The van der Waals surface area contributed by atoms with Crippen LogP contribution in [0.4, 0.5) is 5.82 Å². The number of hydrogen-bond acceptors (Lipinski definition) is 5. The molecule has 2 aromatic rings. The van der Waals surface area contributed by atoms with Crippen LogP contribution in [0.1, 0.15) is 0 Å². The summed E-state index contributed by atoms with van der Waals surface area (Å²) in [6, 6.07) is 4.39. The predicted molar refractivity (Wildman–Crippen MR) is 69.8 cm³/mol. The molecule has 2 aromatic heterocycles. The van der Waals surface area contributed by atoms with Gasteiger partial charge in [0.05, 0.1) is 0 Å². The second-order valence-electron chi connectivity index (χ2n) is 3.16. The van der Waals surface area contributed by atoms with E-state index >= 15 is 0 Å². The van der Waals surface area contributed by atoms with E-state index in [9.17, 15) is 8.42 Å². The van der Waals surface area contributed by atoms with Gasteiger partial charge in [-0.2, -0.15) is 5.10 Å². The third kappa shape index (κ3) is 2.95. The Kier molecular flexibility index (Phi) is 3.79. The molecule has 0 spiro atoms. The van der Waals surface area contributed by atoms with E-state index in [0.29, 0.717) is 4.47 Å². The Bertz CT molecular complexity index is 666. The highest BCUT2D eigenvalue weighted by molar-refractivity contribution is 9.10. The number of hydrogen-bond donors (Lipinski definition) is 1. The minimum atomic E-state index is -3.84. The molecule has 2 heterocycles. The van der Waals surface area contributed by atoms with Crippen molar-refractivity contribution < 1.29 is 8.42 Å². The summed E-state index contributed by atoms with van der Waals surface area (Å²) in [7, 11) is -3.84. The monoisotopic (exact) mass is 348 g/mol. The smallest absolute Gasteiger partial charge is 0.262 e. The molecule has 94 valence electrons. The van der Waals surface area contributed by atoms with E-state index in [2.05, 4.69) is 35.8 Å². The van der Waals surface area contributed by atoms with Gasteiger partial charge in [0, 0.05) is 16.9 Å². The zero-order chi connectivity index (χ0) is 13.2. The van der Waals surface area contributed by atoms with Crippen molar-refractivity contribution in [2.24, 2.45) is 0 Å². The van der Waals surface area contributed by atoms with Crippen LogP contribution in [0.2, 0.25) is 5.15 Å². The first kappa shape index (κ1) is 13.2. The highest BCUT2D eigenvalue weighted by Gasteiger charge is 2.20. The van der Waals surface area contributed by atoms with Crippen LogP contribution in [0.5, 0.6) is 0 Å². The van der Waals surface area contributed by atoms with Crippen molar-refractivity contribution in [3.63, 3.8) is 0 Å². The van der Waals surface area contributed by atoms with E-state index < -0.39 is 10.0 Å². The number of nitrogens with zero attached hydrogens (tertiary/aromatic N) is 3. The first-order valence-electron chi connectivity index (χ1n) is 4.60. The lowest BCUT2D eigenvalue weighted by Crippen LogP contribution is -2.15. The Morgan fingerprint density at radius 1 is 1.39 bits per heavy atom. The first-order valence-corrected chi connectivity index (χ1v) is 7.26. The molecule has 0 aliphatic rings. The van der Waals surface area contributed by atoms with Gasteiger partial charge in [-0.05, 0) is 34.1 Å². The molecule has 0 unspecified atom stereocenters. The summed E-state index contributed by atoms with van der Waals surface area (Å²) >= 11 is 8.89. The topological polar surface area (TPSA) is 84.8 Å². The third-order valence-electron chi connectivity index (χ3n) is 1.87. The number of halogens is 2. The normalized spacial score (nSPS) is 11.2. The quantitative estimate of drug-likeness (QED) is 0.858. The molecule has 0 aliphatic carbocycles. The van der Waals surface area contributed by atoms with Crippen molar-refractivity contribution in [1.82, 2.24) is 15.2 Å². The van der Waals surface area contributed by atoms with E-state index in [1.54, 1.807) is 6.07 Å². The lowest BCUT2D eigenvalue weighted by atomic mass is 10.5. The van der Waals surface area contributed by atoms with Gasteiger partial charge >= 0.3 is 0 Å². The van der Waals surface area contributed by atoms with Gasteiger partial charge in [-0.25, -0.2) is 13.4 Å². The SMILES string of the molecule is O=S(=O)(Nc1cccnn1)c1cc(Br)cnc1Cl. The molecule has 0 bridgehead atoms. The summed E-state index contributed by atoms with van der Waals surface area (Å²) in [6.07, 6.45) is 2.84. The molecule has 2 rings (SSSR count). The number of pyridine rings is 1. The third-order valence-corrected chi connectivity index (χ3v) is 4.09. The molecule has 0 saturated heterocycles. The van der Waals surface area contributed by atoms with Gasteiger partial charge in [-0.1, -0.05) is 11.6 Å². The number of aromatic nitrogens is 3. The van der Waals surface area contributed by atoms with Gasteiger partial charge in [0.2, 0.25) is 0 Å².